The summed E-state index contributed by atoms with van der Waals surface area (Å²) in [6, 6.07) is 19.7. The number of para-hydroxylation sites is 1. The maximum atomic E-state index is 12.6. The van der Waals surface area contributed by atoms with Gasteiger partial charge in [0.15, 0.2) is 5.17 Å². The molecule has 0 saturated carbocycles. The van der Waals surface area contributed by atoms with E-state index >= 15 is 0 Å². The maximum Gasteiger partial charge on any atom is 0.573 e. The topological polar surface area (TPSA) is 88.1 Å². The van der Waals surface area contributed by atoms with Crippen molar-refractivity contribution in [1.29, 1.82) is 0 Å². The van der Waals surface area contributed by atoms with Crippen LogP contribution in [0.4, 0.5) is 23.7 Å². The highest BCUT2D eigenvalue weighted by Gasteiger charge is 2.32. The minimum absolute atomic E-state index is 0.0769. The van der Waals surface area contributed by atoms with Crippen molar-refractivity contribution in [3.63, 3.8) is 0 Å². The third-order valence-corrected chi connectivity index (χ3v) is 7.36. The van der Waals surface area contributed by atoms with E-state index in [2.05, 4.69) is 15.0 Å². The second-order valence-corrected chi connectivity index (χ2v) is 11.0. The fraction of sp³-hybridized carbons (Fsp3) is 0.290. The van der Waals surface area contributed by atoms with Crippen LogP contribution in [0.2, 0.25) is 0 Å². The molecule has 4 rings (SSSR count). The number of nitrogens with one attached hydrogen (secondary N) is 1. The molecule has 42 heavy (non-hydrogen) atoms. The molecule has 3 amide bonds. The average Bonchev–Trinajstić information content (AvgIpc) is 3.29. The van der Waals surface area contributed by atoms with Crippen LogP contribution < -0.4 is 15.0 Å². The Morgan fingerprint density at radius 2 is 1.55 bits per heavy atom. The molecule has 1 N–H and O–H groups in total. The van der Waals surface area contributed by atoms with Crippen LogP contribution in [-0.4, -0.2) is 41.5 Å². The number of benzene rings is 3. The van der Waals surface area contributed by atoms with Gasteiger partial charge in [0.25, 0.3) is 0 Å². The van der Waals surface area contributed by atoms with Crippen molar-refractivity contribution in [1.82, 2.24) is 5.32 Å². The Labute approximate surface area is 246 Å². The van der Waals surface area contributed by atoms with Crippen molar-refractivity contribution in [3.05, 3.63) is 95.1 Å². The monoisotopic (exact) mass is 597 g/mol. The lowest BCUT2D eigenvalue weighted by Crippen LogP contribution is -2.32. The Kier molecular flexibility index (Phi) is 10.1. The SMILES string of the molecule is CC(C)c1ccccc1N1C(=O)CSC1=NC(=O)NCCc1ccc(CC(=O)Cc2ccc(OC(F)(F)F)cc2)cc1. The molecular weight excluding hydrogens is 567 g/mol. The number of carbonyl (C=O) groups is 3. The van der Waals surface area contributed by atoms with Gasteiger partial charge in [0.05, 0.1) is 11.4 Å². The third-order valence-electron chi connectivity index (χ3n) is 6.43. The number of rotatable bonds is 10. The number of Topliss-reactive ketones (excluding diaryl/α,β-unsaturated/α-hetero) is 1. The molecule has 0 spiro atoms. The number of anilines is 1. The minimum atomic E-state index is -4.76. The summed E-state index contributed by atoms with van der Waals surface area (Å²) in [6.45, 7) is 4.43. The van der Waals surface area contributed by atoms with Gasteiger partial charge in [-0.05, 0) is 52.8 Å². The molecule has 1 aliphatic rings. The van der Waals surface area contributed by atoms with E-state index in [1.54, 1.807) is 0 Å². The van der Waals surface area contributed by atoms with Gasteiger partial charge in [0.1, 0.15) is 11.5 Å². The quantitative estimate of drug-likeness (QED) is 0.290. The highest BCUT2D eigenvalue weighted by Crippen LogP contribution is 2.33. The molecule has 3 aromatic rings. The van der Waals surface area contributed by atoms with Gasteiger partial charge in [-0.15, -0.1) is 13.2 Å². The van der Waals surface area contributed by atoms with E-state index in [1.807, 2.05) is 62.4 Å². The van der Waals surface area contributed by atoms with Crippen molar-refractivity contribution in [2.75, 3.05) is 17.2 Å². The Morgan fingerprint density at radius 1 is 0.952 bits per heavy atom. The highest BCUT2D eigenvalue weighted by atomic mass is 32.2. The van der Waals surface area contributed by atoms with Crippen LogP contribution in [0, 0.1) is 0 Å². The van der Waals surface area contributed by atoms with Crippen molar-refractivity contribution >= 4 is 40.3 Å². The summed E-state index contributed by atoms with van der Waals surface area (Å²) in [7, 11) is 0. The van der Waals surface area contributed by atoms with Crippen molar-refractivity contribution in [2.45, 2.75) is 45.4 Å². The van der Waals surface area contributed by atoms with Crippen LogP contribution >= 0.6 is 11.8 Å². The van der Waals surface area contributed by atoms with E-state index in [1.165, 1.54) is 40.9 Å². The molecule has 0 atom stereocenters. The molecule has 0 radical (unpaired) electrons. The van der Waals surface area contributed by atoms with Crippen molar-refractivity contribution in [2.24, 2.45) is 4.99 Å². The van der Waals surface area contributed by atoms with E-state index in [-0.39, 0.29) is 42.0 Å². The summed E-state index contributed by atoms with van der Waals surface area (Å²) in [5.41, 5.74) is 4.09. The number of aliphatic imine (C=N–C) groups is 1. The number of hydrogen-bond donors (Lipinski definition) is 1. The molecular formula is C31H30F3N3O4S. The molecule has 0 unspecified atom stereocenters. The zero-order valence-corrected chi connectivity index (χ0v) is 23.9. The van der Waals surface area contributed by atoms with Gasteiger partial charge in [-0.25, -0.2) is 4.79 Å². The van der Waals surface area contributed by atoms with E-state index in [0.29, 0.717) is 23.7 Å². The van der Waals surface area contributed by atoms with Gasteiger partial charge in [-0.3, -0.25) is 14.5 Å². The summed E-state index contributed by atoms with van der Waals surface area (Å²) < 4.78 is 40.7. The van der Waals surface area contributed by atoms with Crippen LogP contribution in [0.3, 0.4) is 0 Å². The molecule has 3 aromatic carbocycles. The molecule has 0 aromatic heterocycles. The Morgan fingerprint density at radius 3 is 2.17 bits per heavy atom. The first kappa shape index (κ1) is 30.8. The van der Waals surface area contributed by atoms with Gasteiger partial charge in [0, 0.05) is 19.4 Å². The molecule has 220 valence electrons. The van der Waals surface area contributed by atoms with Gasteiger partial charge in [-0.1, -0.05) is 80.2 Å². The molecule has 0 aliphatic carbocycles. The second-order valence-electron chi connectivity index (χ2n) is 10.0. The van der Waals surface area contributed by atoms with E-state index in [0.717, 1.165) is 22.4 Å². The lowest BCUT2D eigenvalue weighted by molar-refractivity contribution is -0.274. The number of amides is 3. The summed E-state index contributed by atoms with van der Waals surface area (Å²) >= 11 is 1.23. The molecule has 1 saturated heterocycles. The lowest BCUT2D eigenvalue weighted by Gasteiger charge is -2.21. The summed E-state index contributed by atoms with van der Waals surface area (Å²) in [5, 5.41) is 3.12. The zero-order valence-electron chi connectivity index (χ0n) is 23.1. The van der Waals surface area contributed by atoms with E-state index in [4.69, 9.17) is 0 Å². The molecule has 1 heterocycles. The normalized spacial score (nSPS) is 14.5. The number of urea groups is 1. The number of thioether (sulfide) groups is 1. The Hall–Kier alpha value is -4.12. The predicted molar refractivity (Wildman–Crippen MR) is 157 cm³/mol. The largest absolute Gasteiger partial charge is 0.573 e. The van der Waals surface area contributed by atoms with Crippen LogP contribution in [0.5, 0.6) is 5.75 Å². The first-order chi connectivity index (χ1) is 20.0. The summed E-state index contributed by atoms with van der Waals surface area (Å²) in [4.78, 5) is 43.3. The number of amidine groups is 1. The zero-order chi connectivity index (χ0) is 30.3. The molecule has 0 bridgehead atoms. The fourth-order valence-electron chi connectivity index (χ4n) is 4.45. The van der Waals surface area contributed by atoms with Crippen LogP contribution in [0.1, 0.15) is 42.0 Å². The van der Waals surface area contributed by atoms with E-state index in [9.17, 15) is 27.6 Å². The minimum Gasteiger partial charge on any atom is -0.406 e. The van der Waals surface area contributed by atoms with Crippen LogP contribution in [-0.2, 0) is 28.9 Å². The molecule has 1 aliphatic heterocycles. The second kappa shape index (κ2) is 13.7. The number of carbonyl (C=O) groups excluding carboxylic acids is 3. The summed E-state index contributed by atoms with van der Waals surface area (Å²) in [6.07, 6.45) is -3.94. The van der Waals surface area contributed by atoms with Gasteiger partial charge in [0.2, 0.25) is 5.91 Å². The summed E-state index contributed by atoms with van der Waals surface area (Å²) in [5.74, 6) is -0.114. The molecule has 1 fully saturated rings. The van der Waals surface area contributed by atoms with Crippen LogP contribution in [0.15, 0.2) is 77.8 Å². The molecule has 7 nitrogen and oxygen atoms in total. The number of ether oxygens (including phenoxy) is 1. The van der Waals surface area contributed by atoms with E-state index < -0.39 is 12.4 Å². The first-order valence-corrected chi connectivity index (χ1v) is 14.3. The highest BCUT2D eigenvalue weighted by molar-refractivity contribution is 8.15. The van der Waals surface area contributed by atoms with Gasteiger partial charge in [-0.2, -0.15) is 4.99 Å². The number of ketones is 1. The van der Waals surface area contributed by atoms with Gasteiger partial charge < -0.3 is 10.1 Å². The predicted octanol–water partition coefficient (Wildman–Crippen LogP) is 6.45. The number of alkyl halides is 3. The number of hydrogen-bond acceptors (Lipinski definition) is 5. The molecule has 11 heteroatoms. The first-order valence-electron chi connectivity index (χ1n) is 13.3. The number of halogens is 3. The number of nitrogens with zero attached hydrogens (tertiary/aromatic N) is 2. The third kappa shape index (κ3) is 8.69. The fourth-order valence-corrected chi connectivity index (χ4v) is 5.31. The van der Waals surface area contributed by atoms with Crippen molar-refractivity contribution in [3.8, 4) is 5.75 Å². The van der Waals surface area contributed by atoms with Gasteiger partial charge >= 0.3 is 12.4 Å². The standard InChI is InChI=1S/C31H30F3N3O4S/c1-20(2)26-5-3-4-6-27(26)37-28(39)19-42-30(37)36-29(40)35-16-15-21-7-9-22(10-8-21)17-24(38)18-23-11-13-25(14-12-23)41-31(32,33)34/h3-14,20H,15-19H2,1-2H3,(H,35,40). The smallest absolute Gasteiger partial charge is 0.406 e. The Bertz CT molecular complexity index is 1460. The van der Waals surface area contributed by atoms with Crippen LogP contribution in [0.25, 0.3) is 0 Å². The average molecular weight is 598 g/mol. The lowest BCUT2D eigenvalue weighted by atomic mass is 10.0. The Balaban J connectivity index is 1.26. The van der Waals surface area contributed by atoms with Crippen molar-refractivity contribution < 1.29 is 32.3 Å². The maximum absolute atomic E-state index is 12.6.